The standard InChI is InChI=1S/C23H23ClFN5O/c1-15-10-28(11-16-2-4-17(24)5-3-16)12-20(15)22-26-21-13-29(14-30(21)23(31)27-22)19-8-6-18(25)7-9-19/h2-9,13,15,20H,10-12,14H2,1H3,(H,26,27,31). The molecule has 5 rings (SSSR count). The molecule has 0 radical (unpaired) electrons. The number of benzene rings is 2. The molecule has 2 aromatic carbocycles. The first-order valence-corrected chi connectivity index (χ1v) is 10.7. The third-order valence-electron chi connectivity index (χ3n) is 6.07. The second-order valence-electron chi connectivity index (χ2n) is 8.33. The van der Waals surface area contributed by atoms with Gasteiger partial charge in [0.05, 0.1) is 0 Å². The molecule has 0 bridgehead atoms. The molecule has 0 aromatic heterocycles. The van der Waals surface area contributed by atoms with Gasteiger partial charge in [-0.15, -0.1) is 0 Å². The summed E-state index contributed by atoms with van der Waals surface area (Å²) in [5, 5.41) is 3.73. The number of fused-ring (bicyclic) bond motifs is 1. The van der Waals surface area contributed by atoms with E-state index in [9.17, 15) is 9.18 Å². The molecule has 31 heavy (non-hydrogen) atoms. The quantitative estimate of drug-likeness (QED) is 0.775. The molecule has 8 heteroatoms. The lowest BCUT2D eigenvalue weighted by Gasteiger charge is -2.28. The maximum Gasteiger partial charge on any atom is 0.329 e. The zero-order valence-electron chi connectivity index (χ0n) is 17.1. The zero-order valence-corrected chi connectivity index (χ0v) is 17.9. The summed E-state index contributed by atoms with van der Waals surface area (Å²) in [5.74, 6) is 1.57. The van der Waals surface area contributed by atoms with Gasteiger partial charge in [-0.2, -0.15) is 0 Å². The fourth-order valence-corrected chi connectivity index (χ4v) is 4.55. The molecule has 160 valence electrons. The average Bonchev–Trinajstić information content (AvgIpc) is 3.34. The van der Waals surface area contributed by atoms with E-state index in [4.69, 9.17) is 16.6 Å². The molecular formula is C23H23ClFN5O. The van der Waals surface area contributed by atoms with Crippen LogP contribution < -0.4 is 10.2 Å². The lowest BCUT2D eigenvalue weighted by molar-refractivity contribution is 0.216. The molecule has 3 heterocycles. The number of carbonyl (C=O) groups is 1. The number of likely N-dealkylation sites (tertiary alicyclic amines) is 1. The fraction of sp³-hybridized carbons (Fsp3) is 0.304. The Balaban J connectivity index is 1.32. The van der Waals surface area contributed by atoms with Gasteiger partial charge in [-0.1, -0.05) is 30.7 Å². The van der Waals surface area contributed by atoms with Crippen LogP contribution in [0.25, 0.3) is 0 Å². The number of carbonyl (C=O) groups excluding carboxylic acids is 1. The summed E-state index contributed by atoms with van der Waals surface area (Å²) in [6, 6.07) is 14.0. The highest BCUT2D eigenvalue weighted by Crippen LogP contribution is 2.30. The van der Waals surface area contributed by atoms with E-state index in [0.717, 1.165) is 36.2 Å². The Kier molecular flexibility index (Phi) is 5.16. The molecule has 0 spiro atoms. The van der Waals surface area contributed by atoms with Gasteiger partial charge in [-0.25, -0.2) is 14.2 Å². The van der Waals surface area contributed by atoms with Crippen LogP contribution in [-0.4, -0.2) is 41.4 Å². The minimum atomic E-state index is -0.287. The van der Waals surface area contributed by atoms with E-state index >= 15 is 0 Å². The van der Waals surface area contributed by atoms with Crippen molar-refractivity contribution in [2.75, 3.05) is 24.7 Å². The highest BCUT2D eigenvalue weighted by molar-refractivity contribution is 6.30. The number of hydrogen-bond donors (Lipinski definition) is 1. The Morgan fingerprint density at radius 2 is 1.87 bits per heavy atom. The molecule has 0 aliphatic carbocycles. The van der Waals surface area contributed by atoms with Gasteiger partial charge < -0.3 is 4.90 Å². The number of aliphatic imine (C=N–C) groups is 1. The summed E-state index contributed by atoms with van der Waals surface area (Å²) in [5.41, 5.74) is 2.03. The number of nitrogens with zero attached hydrogens (tertiary/aromatic N) is 4. The van der Waals surface area contributed by atoms with Gasteiger partial charge in [0.15, 0.2) is 5.82 Å². The Morgan fingerprint density at radius 1 is 1.13 bits per heavy atom. The van der Waals surface area contributed by atoms with Crippen molar-refractivity contribution in [2.24, 2.45) is 16.8 Å². The second kappa shape index (κ2) is 7.98. The lowest BCUT2D eigenvalue weighted by atomic mass is 9.96. The average molecular weight is 440 g/mol. The largest absolute Gasteiger partial charge is 0.329 e. The lowest BCUT2D eigenvalue weighted by Crippen LogP contribution is -2.49. The van der Waals surface area contributed by atoms with Crippen molar-refractivity contribution in [1.29, 1.82) is 0 Å². The number of halogens is 2. The van der Waals surface area contributed by atoms with E-state index in [1.54, 1.807) is 17.0 Å². The summed E-state index contributed by atoms with van der Waals surface area (Å²) in [7, 11) is 0. The minimum absolute atomic E-state index is 0.152. The third-order valence-corrected chi connectivity index (χ3v) is 6.33. The molecule has 2 aromatic rings. The van der Waals surface area contributed by atoms with Crippen LogP contribution in [0.1, 0.15) is 12.5 Å². The van der Waals surface area contributed by atoms with Crippen LogP contribution in [0.5, 0.6) is 0 Å². The summed E-state index contributed by atoms with van der Waals surface area (Å²) >= 11 is 5.99. The van der Waals surface area contributed by atoms with Crippen molar-refractivity contribution in [3.05, 3.63) is 77.0 Å². The van der Waals surface area contributed by atoms with Gasteiger partial charge in [0.1, 0.15) is 18.3 Å². The highest BCUT2D eigenvalue weighted by Gasteiger charge is 2.39. The van der Waals surface area contributed by atoms with Gasteiger partial charge >= 0.3 is 6.03 Å². The number of amides is 2. The molecule has 2 unspecified atom stereocenters. The van der Waals surface area contributed by atoms with Gasteiger partial charge in [0, 0.05) is 42.5 Å². The molecule has 3 aliphatic heterocycles. The molecule has 1 fully saturated rings. The molecule has 1 N–H and O–H groups in total. The Morgan fingerprint density at radius 3 is 2.61 bits per heavy atom. The number of anilines is 1. The normalized spacial score (nSPS) is 23.5. The first-order chi connectivity index (χ1) is 15.0. The number of hydrogen-bond acceptors (Lipinski definition) is 4. The smallest absolute Gasteiger partial charge is 0.326 e. The Bertz CT molecular complexity index is 1050. The predicted octanol–water partition coefficient (Wildman–Crippen LogP) is 4.25. The summed E-state index contributed by atoms with van der Waals surface area (Å²) in [4.78, 5) is 23.4. The van der Waals surface area contributed by atoms with E-state index in [0.29, 0.717) is 18.4 Å². The van der Waals surface area contributed by atoms with Crippen LogP contribution in [0.3, 0.4) is 0 Å². The molecule has 1 saturated heterocycles. The van der Waals surface area contributed by atoms with Crippen LogP contribution in [0.4, 0.5) is 14.9 Å². The van der Waals surface area contributed by atoms with Crippen LogP contribution in [0, 0.1) is 17.7 Å². The molecule has 3 aliphatic rings. The van der Waals surface area contributed by atoms with E-state index < -0.39 is 0 Å². The number of rotatable bonds is 4. The van der Waals surface area contributed by atoms with Gasteiger partial charge in [0.2, 0.25) is 0 Å². The maximum absolute atomic E-state index is 13.2. The van der Waals surface area contributed by atoms with E-state index in [2.05, 4.69) is 17.1 Å². The van der Waals surface area contributed by atoms with Gasteiger partial charge in [-0.05, 0) is 47.9 Å². The van der Waals surface area contributed by atoms with Crippen LogP contribution in [0.15, 0.2) is 65.5 Å². The zero-order chi connectivity index (χ0) is 21.5. The molecule has 2 atom stereocenters. The maximum atomic E-state index is 13.2. The number of amidine groups is 1. The van der Waals surface area contributed by atoms with Crippen molar-refractivity contribution in [3.63, 3.8) is 0 Å². The van der Waals surface area contributed by atoms with Crippen molar-refractivity contribution >= 4 is 29.2 Å². The van der Waals surface area contributed by atoms with E-state index in [1.165, 1.54) is 17.7 Å². The second-order valence-corrected chi connectivity index (χ2v) is 8.77. The SMILES string of the molecule is CC1CN(Cc2ccc(Cl)cc2)CC1C1=NC2=CN(c3ccc(F)cc3)CN2C(=O)N1. The van der Waals surface area contributed by atoms with Crippen molar-refractivity contribution in [2.45, 2.75) is 13.5 Å². The molecule has 6 nitrogen and oxygen atoms in total. The Labute approximate surface area is 185 Å². The Hall–Kier alpha value is -2.90. The highest BCUT2D eigenvalue weighted by atomic mass is 35.5. The van der Waals surface area contributed by atoms with Crippen LogP contribution in [0.2, 0.25) is 5.02 Å². The van der Waals surface area contributed by atoms with Crippen molar-refractivity contribution in [3.8, 4) is 0 Å². The van der Waals surface area contributed by atoms with Crippen molar-refractivity contribution < 1.29 is 9.18 Å². The summed E-state index contributed by atoms with van der Waals surface area (Å²) in [6.07, 6.45) is 1.84. The topological polar surface area (TPSA) is 51.2 Å². The third kappa shape index (κ3) is 4.03. The number of urea groups is 1. The number of nitrogens with one attached hydrogen (secondary N) is 1. The first kappa shape index (κ1) is 20.0. The van der Waals surface area contributed by atoms with Gasteiger partial charge in [0.25, 0.3) is 0 Å². The monoisotopic (exact) mass is 439 g/mol. The fourth-order valence-electron chi connectivity index (χ4n) is 4.43. The van der Waals surface area contributed by atoms with Crippen LogP contribution in [-0.2, 0) is 6.54 Å². The first-order valence-electron chi connectivity index (χ1n) is 10.3. The van der Waals surface area contributed by atoms with E-state index in [1.807, 2.05) is 35.4 Å². The summed E-state index contributed by atoms with van der Waals surface area (Å²) < 4.78 is 13.2. The summed E-state index contributed by atoms with van der Waals surface area (Å²) in [6.45, 7) is 5.16. The predicted molar refractivity (Wildman–Crippen MR) is 119 cm³/mol. The molecule has 0 saturated carbocycles. The van der Waals surface area contributed by atoms with Crippen molar-refractivity contribution in [1.82, 2.24) is 15.1 Å². The van der Waals surface area contributed by atoms with Gasteiger partial charge in [-0.3, -0.25) is 15.1 Å². The van der Waals surface area contributed by atoms with Crippen LogP contribution >= 0.6 is 11.6 Å². The van der Waals surface area contributed by atoms with E-state index in [-0.39, 0.29) is 17.8 Å². The minimum Gasteiger partial charge on any atom is -0.326 e. The molecular weight excluding hydrogens is 417 g/mol. The molecule has 2 amide bonds.